The van der Waals surface area contributed by atoms with E-state index in [1.54, 1.807) is 20.4 Å². The maximum Gasteiger partial charge on any atom is 0.282 e. The summed E-state index contributed by atoms with van der Waals surface area (Å²) in [5.74, 6) is 0. The van der Waals surface area contributed by atoms with Gasteiger partial charge in [-0.2, -0.15) is 5.10 Å². The lowest BCUT2D eigenvalue weighted by molar-refractivity contribution is 0.188. The fourth-order valence-electron chi connectivity index (χ4n) is 2.68. The van der Waals surface area contributed by atoms with Crippen LogP contribution in [0.4, 0.5) is 11.4 Å². The van der Waals surface area contributed by atoms with Gasteiger partial charge < -0.3 is 14.6 Å². The van der Waals surface area contributed by atoms with Gasteiger partial charge in [0.15, 0.2) is 0 Å². The first-order valence-electron chi connectivity index (χ1n) is 7.59. The van der Waals surface area contributed by atoms with E-state index in [1.165, 1.54) is 10.1 Å². The number of nitrogens with zero attached hydrogens (tertiary/aromatic N) is 3. The smallest absolute Gasteiger partial charge is 0.282 e. The highest BCUT2D eigenvalue weighted by atomic mass is 79.9. The number of anilines is 2. The second-order valence-corrected chi connectivity index (χ2v) is 6.39. The minimum Gasteiger partial charge on any atom is -0.383 e. The number of nitrogens with one attached hydrogen (secondary N) is 1. The molecule has 7 heteroatoms. The number of ether oxygens (including phenoxy) is 1. The quantitative estimate of drug-likeness (QED) is 0.726. The third-order valence-corrected chi connectivity index (χ3v) is 4.87. The summed E-state index contributed by atoms with van der Waals surface area (Å²) in [5, 5.41) is 8.53. The molecular weight excluding hydrogens is 372 g/mol. The van der Waals surface area contributed by atoms with Crippen LogP contribution in [0.1, 0.15) is 5.56 Å². The molecule has 0 aliphatic carbocycles. The number of rotatable bonds is 5. The first-order chi connectivity index (χ1) is 11.5. The summed E-state index contributed by atoms with van der Waals surface area (Å²) in [5.41, 5.74) is 3.71. The maximum atomic E-state index is 12.0. The second-order valence-electron chi connectivity index (χ2n) is 5.60. The molecule has 3 aromatic rings. The normalized spacial score (nSPS) is 11.2. The zero-order valence-corrected chi connectivity index (χ0v) is 15.4. The van der Waals surface area contributed by atoms with Crippen molar-refractivity contribution in [3.63, 3.8) is 0 Å². The molecule has 0 amide bonds. The standard InChI is InChI=1S/C17H19BrN4O2/c1-11-12-6-7-22(8-9-24-3)15(12)5-4-13(11)20-14-10-19-21(2)17(23)16(14)18/h4-7,10,20H,8-9H2,1-3H3. The van der Waals surface area contributed by atoms with Gasteiger partial charge in [-0.3, -0.25) is 4.79 Å². The van der Waals surface area contributed by atoms with Crippen LogP contribution in [0.25, 0.3) is 10.9 Å². The van der Waals surface area contributed by atoms with Gasteiger partial charge in [0.2, 0.25) is 0 Å². The van der Waals surface area contributed by atoms with Gasteiger partial charge >= 0.3 is 0 Å². The van der Waals surface area contributed by atoms with E-state index in [2.05, 4.69) is 56.2 Å². The molecule has 126 valence electrons. The van der Waals surface area contributed by atoms with Gasteiger partial charge in [0.05, 0.1) is 18.5 Å². The predicted molar refractivity (Wildman–Crippen MR) is 99.0 cm³/mol. The molecule has 0 fully saturated rings. The molecule has 0 atom stereocenters. The van der Waals surface area contributed by atoms with Crippen LogP contribution in [0.3, 0.4) is 0 Å². The molecular formula is C17H19BrN4O2. The first kappa shape index (κ1) is 16.7. The van der Waals surface area contributed by atoms with Gasteiger partial charge in [-0.1, -0.05) is 0 Å². The first-order valence-corrected chi connectivity index (χ1v) is 8.38. The van der Waals surface area contributed by atoms with Crippen molar-refractivity contribution >= 4 is 38.2 Å². The summed E-state index contributed by atoms with van der Waals surface area (Å²) in [6.07, 6.45) is 3.70. The average Bonchev–Trinajstić information content (AvgIpc) is 2.99. The van der Waals surface area contributed by atoms with Crippen LogP contribution in [0.15, 0.2) is 39.9 Å². The summed E-state index contributed by atoms with van der Waals surface area (Å²) in [6, 6.07) is 6.19. The number of benzene rings is 1. The van der Waals surface area contributed by atoms with Gasteiger partial charge in [0.25, 0.3) is 5.56 Å². The SMILES string of the molecule is COCCn1ccc2c(C)c(Nc3cnn(C)c(=O)c3Br)ccc21. The van der Waals surface area contributed by atoms with Crippen molar-refractivity contribution in [3.8, 4) is 0 Å². The zero-order valence-electron chi connectivity index (χ0n) is 13.8. The number of hydrogen-bond acceptors (Lipinski definition) is 4. The van der Waals surface area contributed by atoms with E-state index in [1.807, 2.05) is 6.07 Å². The molecule has 0 aliphatic heterocycles. The molecule has 1 aromatic carbocycles. The Hall–Kier alpha value is -2.12. The van der Waals surface area contributed by atoms with Crippen molar-refractivity contribution < 1.29 is 4.74 Å². The van der Waals surface area contributed by atoms with Crippen molar-refractivity contribution in [2.24, 2.45) is 7.05 Å². The van der Waals surface area contributed by atoms with E-state index in [-0.39, 0.29) is 5.56 Å². The lowest BCUT2D eigenvalue weighted by Crippen LogP contribution is -2.20. The molecule has 6 nitrogen and oxygen atoms in total. The van der Waals surface area contributed by atoms with Crippen molar-refractivity contribution in [1.29, 1.82) is 0 Å². The molecule has 2 heterocycles. The zero-order chi connectivity index (χ0) is 17.3. The van der Waals surface area contributed by atoms with E-state index in [0.717, 1.165) is 23.3 Å². The van der Waals surface area contributed by atoms with Crippen LogP contribution < -0.4 is 10.9 Å². The predicted octanol–water partition coefficient (Wildman–Crippen LogP) is 3.20. The monoisotopic (exact) mass is 390 g/mol. The largest absolute Gasteiger partial charge is 0.383 e. The summed E-state index contributed by atoms with van der Waals surface area (Å²) in [4.78, 5) is 12.0. The number of aryl methyl sites for hydroxylation is 2. The van der Waals surface area contributed by atoms with Crippen LogP contribution >= 0.6 is 15.9 Å². The average molecular weight is 391 g/mol. The molecule has 24 heavy (non-hydrogen) atoms. The second kappa shape index (κ2) is 6.78. The summed E-state index contributed by atoms with van der Waals surface area (Å²) < 4.78 is 9.09. The van der Waals surface area contributed by atoms with Crippen LogP contribution in [0, 0.1) is 6.92 Å². The molecule has 0 spiro atoms. The highest BCUT2D eigenvalue weighted by molar-refractivity contribution is 9.10. The third kappa shape index (κ3) is 2.97. The number of methoxy groups -OCH3 is 1. The minimum absolute atomic E-state index is 0.176. The molecule has 2 aromatic heterocycles. The molecule has 3 rings (SSSR count). The fraction of sp³-hybridized carbons (Fsp3) is 0.294. The topological polar surface area (TPSA) is 61.1 Å². The van der Waals surface area contributed by atoms with Gasteiger partial charge in [0, 0.05) is 43.5 Å². The number of fused-ring (bicyclic) bond motifs is 1. The van der Waals surface area contributed by atoms with E-state index < -0.39 is 0 Å². The molecule has 0 saturated heterocycles. The Kier molecular flexibility index (Phi) is 4.73. The Morgan fingerprint density at radius 3 is 2.83 bits per heavy atom. The third-order valence-electron chi connectivity index (χ3n) is 4.11. The van der Waals surface area contributed by atoms with Crippen molar-refractivity contribution in [2.75, 3.05) is 19.0 Å². The highest BCUT2D eigenvalue weighted by Crippen LogP contribution is 2.30. The summed E-state index contributed by atoms with van der Waals surface area (Å²) in [7, 11) is 3.33. The lowest BCUT2D eigenvalue weighted by Gasteiger charge is -2.13. The molecule has 0 radical (unpaired) electrons. The van der Waals surface area contributed by atoms with Gasteiger partial charge in [-0.15, -0.1) is 0 Å². The van der Waals surface area contributed by atoms with E-state index in [9.17, 15) is 4.79 Å². The molecule has 0 saturated carbocycles. The van der Waals surface area contributed by atoms with Crippen LogP contribution in [-0.4, -0.2) is 28.1 Å². The van der Waals surface area contributed by atoms with Crippen molar-refractivity contribution in [3.05, 3.63) is 51.0 Å². The summed E-state index contributed by atoms with van der Waals surface area (Å²) in [6.45, 7) is 3.55. The highest BCUT2D eigenvalue weighted by Gasteiger charge is 2.11. The van der Waals surface area contributed by atoms with Crippen molar-refractivity contribution in [2.45, 2.75) is 13.5 Å². The molecule has 0 unspecified atom stereocenters. The van der Waals surface area contributed by atoms with E-state index in [0.29, 0.717) is 16.8 Å². The Morgan fingerprint density at radius 2 is 2.08 bits per heavy atom. The van der Waals surface area contributed by atoms with Gasteiger partial charge in [-0.05, 0) is 46.6 Å². The fourth-order valence-corrected chi connectivity index (χ4v) is 3.14. The Morgan fingerprint density at radius 1 is 1.29 bits per heavy atom. The molecule has 0 aliphatic rings. The van der Waals surface area contributed by atoms with Crippen molar-refractivity contribution in [1.82, 2.24) is 14.3 Å². The number of halogens is 1. The van der Waals surface area contributed by atoms with Crippen LogP contribution in [-0.2, 0) is 18.3 Å². The van der Waals surface area contributed by atoms with E-state index in [4.69, 9.17) is 4.74 Å². The minimum atomic E-state index is -0.176. The number of hydrogen-bond donors (Lipinski definition) is 1. The summed E-state index contributed by atoms with van der Waals surface area (Å²) >= 11 is 3.34. The maximum absolute atomic E-state index is 12.0. The Balaban J connectivity index is 1.98. The lowest BCUT2D eigenvalue weighted by atomic mass is 10.1. The Bertz CT molecular complexity index is 946. The molecule has 1 N–H and O–H groups in total. The van der Waals surface area contributed by atoms with Crippen LogP contribution in [0.2, 0.25) is 0 Å². The van der Waals surface area contributed by atoms with Gasteiger partial charge in [-0.25, -0.2) is 4.68 Å². The van der Waals surface area contributed by atoms with Crippen LogP contribution in [0.5, 0.6) is 0 Å². The Labute approximate surface area is 148 Å². The molecule has 0 bridgehead atoms. The van der Waals surface area contributed by atoms with Gasteiger partial charge in [0.1, 0.15) is 4.47 Å². The number of aromatic nitrogens is 3. The van der Waals surface area contributed by atoms with E-state index >= 15 is 0 Å².